The van der Waals surface area contributed by atoms with Crippen LogP contribution in [0.15, 0.2) is 0 Å². The van der Waals surface area contributed by atoms with Gasteiger partial charge in [-0.05, 0) is 23.7 Å². The molecule has 2 nitrogen and oxygen atoms in total. The van der Waals surface area contributed by atoms with E-state index in [1.807, 2.05) is 0 Å². The standard InChI is InChI=1S/C11H19NO/c1-10(2)5-7(10)9(13)12-8-6-11(8,3)4/h7-8H,5-6H2,1-4H3,(H,12,13)/t7-,8?/m1/s1. The first-order valence-corrected chi connectivity index (χ1v) is 5.13. The van der Waals surface area contributed by atoms with Crippen molar-refractivity contribution in [3.63, 3.8) is 0 Å². The largest absolute Gasteiger partial charge is 0.353 e. The molecule has 2 rings (SSSR count). The molecule has 1 amide bonds. The van der Waals surface area contributed by atoms with Crippen LogP contribution in [0.2, 0.25) is 0 Å². The lowest BCUT2D eigenvalue weighted by Gasteiger charge is -2.07. The predicted octanol–water partition coefficient (Wildman–Crippen LogP) is 1.95. The minimum atomic E-state index is 0.267. The Balaban J connectivity index is 1.82. The van der Waals surface area contributed by atoms with E-state index in [-0.39, 0.29) is 17.2 Å². The van der Waals surface area contributed by atoms with Crippen LogP contribution < -0.4 is 5.32 Å². The molecular formula is C11H19NO. The first-order chi connectivity index (χ1) is 5.83. The molecule has 2 heteroatoms. The molecule has 0 heterocycles. The molecule has 0 saturated heterocycles. The minimum Gasteiger partial charge on any atom is -0.353 e. The number of hydrogen-bond donors (Lipinski definition) is 1. The Morgan fingerprint density at radius 3 is 1.92 bits per heavy atom. The summed E-state index contributed by atoms with van der Waals surface area (Å²) in [5.41, 5.74) is 0.623. The number of carbonyl (C=O) groups is 1. The summed E-state index contributed by atoms with van der Waals surface area (Å²) in [6.45, 7) is 8.73. The number of hydrogen-bond acceptors (Lipinski definition) is 1. The lowest BCUT2D eigenvalue weighted by molar-refractivity contribution is -0.123. The van der Waals surface area contributed by atoms with Gasteiger partial charge in [0.15, 0.2) is 0 Å². The van der Waals surface area contributed by atoms with Crippen molar-refractivity contribution in [3.05, 3.63) is 0 Å². The average molecular weight is 181 g/mol. The summed E-state index contributed by atoms with van der Waals surface area (Å²) in [5, 5.41) is 3.12. The van der Waals surface area contributed by atoms with Gasteiger partial charge in [-0.25, -0.2) is 0 Å². The Morgan fingerprint density at radius 1 is 1.15 bits per heavy atom. The fourth-order valence-electron chi connectivity index (χ4n) is 1.90. The van der Waals surface area contributed by atoms with Crippen molar-refractivity contribution in [3.8, 4) is 0 Å². The molecule has 0 spiro atoms. The third-order valence-corrected chi connectivity index (χ3v) is 3.66. The van der Waals surface area contributed by atoms with Crippen LogP contribution in [0.25, 0.3) is 0 Å². The summed E-state index contributed by atoms with van der Waals surface area (Å²) in [7, 11) is 0. The smallest absolute Gasteiger partial charge is 0.223 e. The van der Waals surface area contributed by atoms with E-state index in [2.05, 4.69) is 33.0 Å². The second-order valence-electron chi connectivity index (χ2n) is 6.00. The highest BCUT2D eigenvalue weighted by atomic mass is 16.2. The van der Waals surface area contributed by atoms with Gasteiger partial charge in [0.1, 0.15) is 0 Å². The molecule has 2 aliphatic carbocycles. The van der Waals surface area contributed by atoms with Gasteiger partial charge in [0.2, 0.25) is 5.91 Å². The third kappa shape index (κ3) is 1.59. The van der Waals surface area contributed by atoms with Gasteiger partial charge < -0.3 is 5.32 Å². The molecule has 0 aliphatic heterocycles. The van der Waals surface area contributed by atoms with Crippen molar-refractivity contribution in [2.24, 2.45) is 16.7 Å². The molecule has 1 N–H and O–H groups in total. The number of amides is 1. The van der Waals surface area contributed by atoms with E-state index >= 15 is 0 Å². The summed E-state index contributed by atoms with van der Waals surface area (Å²) in [4.78, 5) is 11.6. The van der Waals surface area contributed by atoms with E-state index in [1.54, 1.807) is 0 Å². The molecule has 0 aromatic heterocycles. The van der Waals surface area contributed by atoms with Crippen LogP contribution in [0.3, 0.4) is 0 Å². The van der Waals surface area contributed by atoms with E-state index in [9.17, 15) is 4.79 Å². The van der Waals surface area contributed by atoms with Crippen LogP contribution >= 0.6 is 0 Å². The van der Waals surface area contributed by atoms with Crippen LogP contribution in [0, 0.1) is 16.7 Å². The molecule has 2 atom stereocenters. The first-order valence-electron chi connectivity index (χ1n) is 5.13. The summed E-state index contributed by atoms with van der Waals surface area (Å²) in [6, 6.07) is 0.441. The molecule has 1 unspecified atom stereocenters. The number of nitrogens with one attached hydrogen (secondary N) is 1. The monoisotopic (exact) mass is 181 g/mol. The van der Waals surface area contributed by atoms with E-state index in [4.69, 9.17) is 0 Å². The minimum absolute atomic E-state index is 0.267. The maximum absolute atomic E-state index is 11.6. The topological polar surface area (TPSA) is 29.1 Å². The molecule has 0 aromatic carbocycles. The van der Waals surface area contributed by atoms with E-state index < -0.39 is 0 Å². The van der Waals surface area contributed by atoms with Crippen molar-refractivity contribution in [2.75, 3.05) is 0 Å². The van der Waals surface area contributed by atoms with Crippen LogP contribution in [-0.4, -0.2) is 11.9 Å². The second kappa shape index (κ2) is 2.28. The number of rotatable bonds is 2. The summed E-state index contributed by atoms with van der Waals surface area (Å²) < 4.78 is 0. The van der Waals surface area contributed by atoms with Gasteiger partial charge in [0, 0.05) is 12.0 Å². The molecule has 2 aliphatic rings. The highest BCUT2D eigenvalue weighted by Gasteiger charge is 2.53. The normalized spacial score (nSPS) is 38.2. The van der Waals surface area contributed by atoms with Crippen LogP contribution in [0.5, 0.6) is 0 Å². The lowest BCUT2D eigenvalue weighted by Crippen LogP contribution is -2.30. The zero-order chi connectivity index (χ0) is 9.85. The zero-order valence-electron chi connectivity index (χ0n) is 8.98. The first kappa shape index (κ1) is 9.04. The molecule has 13 heavy (non-hydrogen) atoms. The third-order valence-electron chi connectivity index (χ3n) is 3.66. The van der Waals surface area contributed by atoms with Gasteiger partial charge in [-0.1, -0.05) is 27.7 Å². The van der Waals surface area contributed by atoms with Crippen LogP contribution in [-0.2, 0) is 4.79 Å². The Kier molecular flexibility index (Phi) is 1.59. The molecular weight excluding hydrogens is 162 g/mol. The van der Waals surface area contributed by atoms with Crippen LogP contribution in [0.1, 0.15) is 40.5 Å². The molecule has 74 valence electrons. The fourth-order valence-corrected chi connectivity index (χ4v) is 1.90. The van der Waals surface area contributed by atoms with Crippen molar-refractivity contribution in [1.29, 1.82) is 0 Å². The van der Waals surface area contributed by atoms with Gasteiger partial charge in [0.25, 0.3) is 0 Å². The highest BCUT2D eigenvalue weighted by molar-refractivity contribution is 5.83. The average Bonchev–Trinajstić information content (AvgIpc) is 2.73. The predicted molar refractivity (Wildman–Crippen MR) is 52.2 cm³/mol. The number of carbonyl (C=O) groups excluding carboxylic acids is 1. The van der Waals surface area contributed by atoms with Crippen molar-refractivity contribution < 1.29 is 4.79 Å². The summed E-state index contributed by atoms with van der Waals surface area (Å²) in [5.74, 6) is 0.560. The Labute approximate surface area is 80.1 Å². The van der Waals surface area contributed by atoms with Gasteiger partial charge in [-0.2, -0.15) is 0 Å². The Hall–Kier alpha value is -0.530. The quantitative estimate of drug-likeness (QED) is 0.693. The second-order valence-corrected chi connectivity index (χ2v) is 6.00. The molecule has 0 radical (unpaired) electrons. The van der Waals surface area contributed by atoms with Crippen molar-refractivity contribution >= 4 is 5.91 Å². The zero-order valence-corrected chi connectivity index (χ0v) is 8.98. The molecule has 2 saturated carbocycles. The summed E-state index contributed by atoms with van der Waals surface area (Å²) >= 11 is 0. The maximum Gasteiger partial charge on any atom is 0.223 e. The molecule has 0 aromatic rings. The molecule has 2 fully saturated rings. The van der Waals surface area contributed by atoms with Gasteiger partial charge in [0.05, 0.1) is 0 Å². The fraction of sp³-hybridized carbons (Fsp3) is 0.909. The van der Waals surface area contributed by atoms with Gasteiger partial charge in [-0.3, -0.25) is 4.79 Å². The Morgan fingerprint density at radius 2 is 1.62 bits per heavy atom. The van der Waals surface area contributed by atoms with Crippen molar-refractivity contribution in [1.82, 2.24) is 5.32 Å². The van der Waals surface area contributed by atoms with Crippen molar-refractivity contribution in [2.45, 2.75) is 46.6 Å². The Bertz CT molecular complexity index is 255. The van der Waals surface area contributed by atoms with E-state index in [0.29, 0.717) is 11.5 Å². The highest BCUT2D eigenvalue weighted by Crippen LogP contribution is 2.52. The van der Waals surface area contributed by atoms with Gasteiger partial charge >= 0.3 is 0 Å². The van der Waals surface area contributed by atoms with E-state index in [1.165, 1.54) is 0 Å². The van der Waals surface area contributed by atoms with Gasteiger partial charge in [-0.15, -0.1) is 0 Å². The van der Waals surface area contributed by atoms with Crippen LogP contribution in [0.4, 0.5) is 0 Å². The SMILES string of the molecule is CC1(C)CC1NC(=O)[C@H]1CC1(C)C. The molecule has 0 bridgehead atoms. The maximum atomic E-state index is 11.6. The lowest BCUT2D eigenvalue weighted by atomic mass is 10.1. The summed E-state index contributed by atoms with van der Waals surface area (Å²) in [6.07, 6.45) is 2.21. The van der Waals surface area contributed by atoms with E-state index in [0.717, 1.165) is 12.8 Å².